The Morgan fingerprint density at radius 3 is 1.90 bits per heavy atom. The second kappa shape index (κ2) is 9.16. The zero-order chi connectivity index (χ0) is 15.7. The highest BCUT2D eigenvalue weighted by Crippen LogP contribution is 2.18. The molecule has 0 amide bonds. The highest BCUT2D eigenvalue weighted by atomic mass is 16.4. The molecular formula is C17H24O4. The molecule has 4 heteroatoms. The molecule has 0 radical (unpaired) electrons. The van der Waals surface area contributed by atoms with E-state index in [4.69, 9.17) is 10.2 Å². The van der Waals surface area contributed by atoms with E-state index in [-0.39, 0.29) is 12.8 Å². The second-order valence-corrected chi connectivity index (χ2v) is 5.47. The summed E-state index contributed by atoms with van der Waals surface area (Å²) >= 11 is 0. The summed E-state index contributed by atoms with van der Waals surface area (Å²) in [5.41, 5.74) is 3.74. The Bertz CT molecular complexity index is 480. The van der Waals surface area contributed by atoms with E-state index in [0.717, 1.165) is 25.7 Å². The van der Waals surface area contributed by atoms with Crippen molar-refractivity contribution < 1.29 is 19.8 Å². The lowest BCUT2D eigenvalue weighted by Crippen LogP contribution is -1.99. The zero-order valence-corrected chi connectivity index (χ0v) is 12.6. The summed E-state index contributed by atoms with van der Waals surface area (Å²) in [7, 11) is 0. The molecule has 0 atom stereocenters. The van der Waals surface area contributed by atoms with Crippen molar-refractivity contribution in [2.24, 2.45) is 0 Å². The maximum atomic E-state index is 10.5. The van der Waals surface area contributed by atoms with Gasteiger partial charge in [0, 0.05) is 12.8 Å². The maximum Gasteiger partial charge on any atom is 0.303 e. The van der Waals surface area contributed by atoms with Gasteiger partial charge in [0.05, 0.1) is 0 Å². The molecule has 21 heavy (non-hydrogen) atoms. The Labute approximate surface area is 125 Å². The molecule has 0 heterocycles. The molecule has 0 aliphatic carbocycles. The molecule has 116 valence electrons. The van der Waals surface area contributed by atoms with Crippen LogP contribution in [0.25, 0.3) is 0 Å². The van der Waals surface area contributed by atoms with Crippen LogP contribution in [0, 0.1) is 6.92 Å². The van der Waals surface area contributed by atoms with Crippen LogP contribution >= 0.6 is 0 Å². The molecule has 1 aromatic carbocycles. The van der Waals surface area contributed by atoms with Crippen LogP contribution in [0.15, 0.2) is 18.2 Å². The first-order chi connectivity index (χ1) is 9.99. The van der Waals surface area contributed by atoms with Gasteiger partial charge in [-0.15, -0.1) is 0 Å². The summed E-state index contributed by atoms with van der Waals surface area (Å²) in [4.78, 5) is 21.0. The molecule has 0 saturated carbocycles. The van der Waals surface area contributed by atoms with Crippen molar-refractivity contribution in [1.82, 2.24) is 0 Å². The van der Waals surface area contributed by atoms with E-state index in [1.165, 1.54) is 16.7 Å². The number of carbonyl (C=O) groups is 2. The van der Waals surface area contributed by atoms with Gasteiger partial charge in [0.25, 0.3) is 0 Å². The number of rotatable bonds is 10. The Balaban J connectivity index is 2.49. The molecule has 4 nitrogen and oxygen atoms in total. The van der Waals surface area contributed by atoms with Gasteiger partial charge in [0.1, 0.15) is 0 Å². The van der Waals surface area contributed by atoms with E-state index in [2.05, 4.69) is 25.1 Å². The molecule has 0 aromatic heterocycles. The lowest BCUT2D eigenvalue weighted by Gasteiger charge is -2.10. The van der Waals surface area contributed by atoms with Crippen LogP contribution in [0.1, 0.15) is 55.2 Å². The molecule has 0 saturated heterocycles. The number of hydrogen-bond donors (Lipinski definition) is 2. The molecular weight excluding hydrogens is 268 g/mol. The molecule has 0 spiro atoms. The second-order valence-electron chi connectivity index (χ2n) is 5.47. The quantitative estimate of drug-likeness (QED) is 0.646. The summed E-state index contributed by atoms with van der Waals surface area (Å²) in [6, 6.07) is 6.35. The van der Waals surface area contributed by atoms with Crippen LogP contribution in [0.3, 0.4) is 0 Å². The Kier molecular flexibility index (Phi) is 7.51. The van der Waals surface area contributed by atoms with Crippen LogP contribution in [0.2, 0.25) is 0 Å². The van der Waals surface area contributed by atoms with Crippen LogP contribution in [0.5, 0.6) is 0 Å². The molecule has 2 N–H and O–H groups in total. The molecule has 1 rings (SSSR count). The van der Waals surface area contributed by atoms with Crippen LogP contribution in [0.4, 0.5) is 0 Å². The minimum Gasteiger partial charge on any atom is -0.481 e. The number of aliphatic carboxylic acids is 2. The van der Waals surface area contributed by atoms with Gasteiger partial charge < -0.3 is 10.2 Å². The SMILES string of the molecule is Cc1ccc(CCCCC(=O)O)c(CCCCC(=O)O)c1. The standard InChI is InChI=1S/C17H24O4/c1-13-10-11-14(6-2-4-8-16(18)19)15(12-13)7-3-5-9-17(20)21/h10-12H,2-9H2,1H3,(H,18,19)(H,20,21). The smallest absolute Gasteiger partial charge is 0.303 e. The number of hydrogen-bond acceptors (Lipinski definition) is 2. The first-order valence-electron chi connectivity index (χ1n) is 7.51. The molecule has 0 bridgehead atoms. The summed E-state index contributed by atoms with van der Waals surface area (Å²) in [6.07, 6.45) is 5.36. The molecule has 0 unspecified atom stereocenters. The van der Waals surface area contributed by atoms with Crippen molar-refractivity contribution in [3.05, 3.63) is 34.9 Å². The van der Waals surface area contributed by atoms with Crippen molar-refractivity contribution in [3.8, 4) is 0 Å². The number of benzene rings is 1. The van der Waals surface area contributed by atoms with E-state index in [1.54, 1.807) is 0 Å². The van der Waals surface area contributed by atoms with Gasteiger partial charge in [0.2, 0.25) is 0 Å². The minimum atomic E-state index is -0.743. The van der Waals surface area contributed by atoms with Crippen molar-refractivity contribution in [3.63, 3.8) is 0 Å². The van der Waals surface area contributed by atoms with Crippen LogP contribution in [-0.4, -0.2) is 22.2 Å². The van der Waals surface area contributed by atoms with E-state index in [9.17, 15) is 9.59 Å². The normalized spacial score (nSPS) is 10.5. The number of unbranched alkanes of at least 4 members (excludes halogenated alkanes) is 2. The lowest BCUT2D eigenvalue weighted by atomic mass is 9.95. The maximum absolute atomic E-state index is 10.5. The van der Waals surface area contributed by atoms with Gasteiger partial charge in [0.15, 0.2) is 0 Å². The van der Waals surface area contributed by atoms with Crippen molar-refractivity contribution >= 4 is 11.9 Å². The first kappa shape index (κ1) is 17.2. The molecule has 0 aliphatic heterocycles. The predicted octanol–water partition coefficient (Wildman–Crippen LogP) is 3.59. The average molecular weight is 292 g/mol. The van der Waals surface area contributed by atoms with Gasteiger partial charge in [-0.3, -0.25) is 9.59 Å². The average Bonchev–Trinajstić information content (AvgIpc) is 2.41. The fraction of sp³-hybridized carbons (Fsp3) is 0.529. The van der Waals surface area contributed by atoms with E-state index in [1.807, 2.05) is 0 Å². The first-order valence-corrected chi connectivity index (χ1v) is 7.51. The molecule has 0 aliphatic rings. The third-order valence-electron chi connectivity index (χ3n) is 3.54. The van der Waals surface area contributed by atoms with Crippen LogP contribution < -0.4 is 0 Å². The van der Waals surface area contributed by atoms with Crippen molar-refractivity contribution in [2.75, 3.05) is 0 Å². The van der Waals surface area contributed by atoms with Crippen molar-refractivity contribution in [1.29, 1.82) is 0 Å². The zero-order valence-electron chi connectivity index (χ0n) is 12.6. The lowest BCUT2D eigenvalue weighted by molar-refractivity contribution is -0.138. The Morgan fingerprint density at radius 1 is 0.857 bits per heavy atom. The van der Waals surface area contributed by atoms with Crippen LogP contribution in [-0.2, 0) is 22.4 Å². The van der Waals surface area contributed by atoms with E-state index in [0.29, 0.717) is 12.8 Å². The van der Waals surface area contributed by atoms with Crippen molar-refractivity contribution in [2.45, 2.75) is 58.3 Å². The van der Waals surface area contributed by atoms with Gasteiger partial charge in [-0.05, 0) is 56.6 Å². The van der Waals surface area contributed by atoms with Gasteiger partial charge in [-0.1, -0.05) is 23.8 Å². The summed E-state index contributed by atoms with van der Waals surface area (Å²) in [5.74, 6) is -1.49. The number of carboxylic acids is 2. The number of aryl methyl sites for hydroxylation is 3. The topological polar surface area (TPSA) is 74.6 Å². The summed E-state index contributed by atoms with van der Waals surface area (Å²) in [6.45, 7) is 2.05. The fourth-order valence-electron chi connectivity index (χ4n) is 2.41. The van der Waals surface area contributed by atoms with E-state index >= 15 is 0 Å². The monoisotopic (exact) mass is 292 g/mol. The molecule has 1 aromatic rings. The van der Waals surface area contributed by atoms with E-state index < -0.39 is 11.9 Å². The fourth-order valence-corrected chi connectivity index (χ4v) is 2.41. The highest BCUT2D eigenvalue weighted by molar-refractivity contribution is 5.66. The highest BCUT2D eigenvalue weighted by Gasteiger charge is 2.05. The summed E-state index contributed by atoms with van der Waals surface area (Å²) < 4.78 is 0. The number of carboxylic acid groups (broad SMARTS) is 2. The summed E-state index contributed by atoms with van der Waals surface area (Å²) in [5, 5.41) is 17.3. The van der Waals surface area contributed by atoms with Gasteiger partial charge >= 0.3 is 11.9 Å². The third kappa shape index (κ3) is 7.49. The largest absolute Gasteiger partial charge is 0.481 e. The minimum absolute atomic E-state index is 0.222. The van der Waals surface area contributed by atoms with Gasteiger partial charge in [-0.2, -0.15) is 0 Å². The predicted molar refractivity (Wildman–Crippen MR) is 81.6 cm³/mol. The Hall–Kier alpha value is -1.84. The third-order valence-corrected chi connectivity index (χ3v) is 3.54. The van der Waals surface area contributed by atoms with Gasteiger partial charge in [-0.25, -0.2) is 0 Å². The Morgan fingerprint density at radius 2 is 1.38 bits per heavy atom. The molecule has 0 fully saturated rings.